The van der Waals surface area contributed by atoms with E-state index >= 15 is 0 Å². The van der Waals surface area contributed by atoms with Crippen LogP contribution in [0.2, 0.25) is 0 Å². The molecule has 1 fully saturated rings. The van der Waals surface area contributed by atoms with E-state index < -0.39 is 0 Å². The summed E-state index contributed by atoms with van der Waals surface area (Å²) in [5.41, 5.74) is 7.60. The maximum Gasteiger partial charge on any atom is 0.0538 e. The van der Waals surface area contributed by atoms with Gasteiger partial charge in [0, 0.05) is 24.3 Å². The van der Waals surface area contributed by atoms with Gasteiger partial charge in [0.25, 0.3) is 0 Å². The summed E-state index contributed by atoms with van der Waals surface area (Å²) in [4.78, 5) is 2.55. The first-order chi connectivity index (χ1) is 8.51. The van der Waals surface area contributed by atoms with Crippen LogP contribution >= 0.6 is 0 Å². The van der Waals surface area contributed by atoms with Crippen molar-refractivity contribution in [2.45, 2.75) is 51.1 Å². The third-order valence-electron chi connectivity index (χ3n) is 4.27. The smallest absolute Gasteiger partial charge is 0.0538 e. The minimum Gasteiger partial charge on any atom is -0.322 e. The molecule has 2 N–H and O–H groups in total. The maximum atomic E-state index is 6.47. The number of likely N-dealkylation sites (tertiary alicyclic amines) is 1. The average Bonchev–Trinajstić information content (AvgIpc) is 2.61. The second-order valence-electron chi connectivity index (χ2n) is 5.98. The monoisotopic (exact) mass is 250 g/mol. The van der Waals surface area contributed by atoms with E-state index in [1.165, 1.54) is 38.8 Å². The first kappa shape index (κ1) is 13.6. The van der Waals surface area contributed by atoms with Crippen LogP contribution in [0.4, 0.5) is 0 Å². The van der Waals surface area contributed by atoms with Crippen LogP contribution in [0.25, 0.3) is 0 Å². The molecule has 2 rings (SSSR count). The lowest BCUT2D eigenvalue weighted by Gasteiger charge is -2.42. The van der Waals surface area contributed by atoms with Crippen molar-refractivity contribution in [3.05, 3.63) is 18.0 Å². The molecule has 0 aliphatic carbocycles. The normalized spacial score (nSPS) is 20.7. The van der Waals surface area contributed by atoms with E-state index in [-0.39, 0.29) is 11.6 Å². The Morgan fingerprint density at radius 2 is 1.83 bits per heavy atom. The van der Waals surface area contributed by atoms with Crippen molar-refractivity contribution in [2.75, 3.05) is 13.1 Å². The molecule has 0 spiro atoms. The third-order valence-corrected chi connectivity index (χ3v) is 4.27. The molecule has 18 heavy (non-hydrogen) atoms. The fourth-order valence-electron chi connectivity index (χ4n) is 2.85. The standard InChI is InChI=1S/C14H26N4/c1-14(2,18-8-6-4-5-7-9-18)13(15)12-10-16-17(3)11-12/h10-11,13H,4-9,15H2,1-3H3. The molecule has 1 aromatic rings. The zero-order valence-corrected chi connectivity index (χ0v) is 11.9. The van der Waals surface area contributed by atoms with Crippen LogP contribution in [0.3, 0.4) is 0 Å². The summed E-state index contributed by atoms with van der Waals surface area (Å²) in [5.74, 6) is 0. The molecule has 4 nitrogen and oxygen atoms in total. The quantitative estimate of drug-likeness (QED) is 0.893. The Morgan fingerprint density at radius 3 is 2.33 bits per heavy atom. The van der Waals surface area contributed by atoms with Gasteiger partial charge in [0.05, 0.1) is 12.2 Å². The number of hydrogen-bond acceptors (Lipinski definition) is 3. The zero-order valence-electron chi connectivity index (χ0n) is 11.9. The predicted octanol–water partition coefficient (Wildman–Crippen LogP) is 2.07. The van der Waals surface area contributed by atoms with E-state index in [2.05, 4.69) is 23.8 Å². The average molecular weight is 250 g/mol. The van der Waals surface area contributed by atoms with E-state index in [1.54, 1.807) is 0 Å². The fraction of sp³-hybridized carbons (Fsp3) is 0.786. The lowest BCUT2D eigenvalue weighted by Crippen LogP contribution is -2.51. The third kappa shape index (κ3) is 2.75. The second kappa shape index (κ2) is 5.41. The molecule has 1 aliphatic heterocycles. The first-order valence-electron chi connectivity index (χ1n) is 7.01. The zero-order chi connectivity index (χ0) is 13.2. The first-order valence-corrected chi connectivity index (χ1v) is 7.01. The molecule has 102 valence electrons. The summed E-state index contributed by atoms with van der Waals surface area (Å²) < 4.78 is 1.83. The van der Waals surface area contributed by atoms with Crippen LogP contribution in [0, 0.1) is 0 Å². The molecule has 1 saturated heterocycles. The van der Waals surface area contributed by atoms with Crippen LogP contribution in [0.15, 0.2) is 12.4 Å². The van der Waals surface area contributed by atoms with Gasteiger partial charge in [-0.1, -0.05) is 12.8 Å². The van der Waals surface area contributed by atoms with Gasteiger partial charge in [-0.15, -0.1) is 0 Å². The molecular weight excluding hydrogens is 224 g/mol. The molecule has 0 radical (unpaired) electrons. The summed E-state index contributed by atoms with van der Waals surface area (Å²) in [5, 5.41) is 4.23. The SMILES string of the molecule is Cn1cc(C(N)C(C)(C)N2CCCCCC2)cn1. The Kier molecular flexibility index (Phi) is 4.07. The molecule has 0 aromatic carbocycles. The molecule has 1 atom stereocenters. The Balaban J connectivity index is 2.13. The van der Waals surface area contributed by atoms with Gasteiger partial charge in [0.1, 0.15) is 0 Å². The minimum atomic E-state index is -0.00657. The highest BCUT2D eigenvalue weighted by Gasteiger charge is 2.34. The largest absolute Gasteiger partial charge is 0.322 e. The molecule has 0 amide bonds. The molecule has 1 aliphatic rings. The van der Waals surface area contributed by atoms with Gasteiger partial charge >= 0.3 is 0 Å². The number of aromatic nitrogens is 2. The Morgan fingerprint density at radius 1 is 1.22 bits per heavy atom. The van der Waals surface area contributed by atoms with Crippen molar-refractivity contribution < 1.29 is 0 Å². The molecule has 2 heterocycles. The summed E-state index contributed by atoms with van der Waals surface area (Å²) in [6.45, 7) is 6.86. The van der Waals surface area contributed by atoms with Crippen molar-refractivity contribution in [3.63, 3.8) is 0 Å². The van der Waals surface area contributed by atoms with E-state index in [0.29, 0.717) is 0 Å². The molecule has 1 aromatic heterocycles. The molecule has 0 bridgehead atoms. The predicted molar refractivity (Wildman–Crippen MR) is 74.3 cm³/mol. The number of hydrogen-bond donors (Lipinski definition) is 1. The Labute approximate surface area is 110 Å². The fourth-order valence-corrected chi connectivity index (χ4v) is 2.85. The lowest BCUT2D eigenvalue weighted by molar-refractivity contribution is 0.0980. The van der Waals surface area contributed by atoms with E-state index in [0.717, 1.165) is 5.56 Å². The van der Waals surface area contributed by atoms with Gasteiger partial charge in [-0.2, -0.15) is 5.10 Å². The van der Waals surface area contributed by atoms with Crippen molar-refractivity contribution >= 4 is 0 Å². The summed E-state index contributed by atoms with van der Waals surface area (Å²) >= 11 is 0. The van der Waals surface area contributed by atoms with Crippen LogP contribution in [-0.4, -0.2) is 33.3 Å². The van der Waals surface area contributed by atoms with E-state index in [4.69, 9.17) is 5.73 Å². The molecular formula is C14H26N4. The van der Waals surface area contributed by atoms with Gasteiger partial charge in [-0.05, 0) is 39.8 Å². The second-order valence-corrected chi connectivity index (χ2v) is 5.98. The van der Waals surface area contributed by atoms with Gasteiger partial charge in [0.2, 0.25) is 0 Å². The maximum absolute atomic E-state index is 6.47. The summed E-state index contributed by atoms with van der Waals surface area (Å²) in [6, 6.07) is 0.0179. The molecule has 4 heteroatoms. The van der Waals surface area contributed by atoms with Gasteiger partial charge in [-0.3, -0.25) is 9.58 Å². The van der Waals surface area contributed by atoms with Gasteiger partial charge in [0.15, 0.2) is 0 Å². The van der Waals surface area contributed by atoms with E-state index in [9.17, 15) is 0 Å². The topological polar surface area (TPSA) is 47.1 Å². The van der Waals surface area contributed by atoms with Crippen molar-refractivity contribution in [1.29, 1.82) is 0 Å². The number of aryl methyl sites for hydroxylation is 1. The van der Waals surface area contributed by atoms with Crippen LogP contribution in [-0.2, 0) is 7.05 Å². The molecule has 1 unspecified atom stereocenters. The van der Waals surface area contributed by atoms with Crippen molar-refractivity contribution in [1.82, 2.24) is 14.7 Å². The highest BCUT2D eigenvalue weighted by molar-refractivity contribution is 5.15. The number of nitrogens with two attached hydrogens (primary N) is 1. The summed E-state index contributed by atoms with van der Waals surface area (Å²) in [6.07, 6.45) is 9.23. The van der Waals surface area contributed by atoms with E-state index in [1.807, 2.05) is 24.1 Å². The summed E-state index contributed by atoms with van der Waals surface area (Å²) in [7, 11) is 1.94. The minimum absolute atomic E-state index is 0.00657. The van der Waals surface area contributed by atoms with Gasteiger partial charge < -0.3 is 5.73 Å². The van der Waals surface area contributed by atoms with Crippen molar-refractivity contribution in [3.8, 4) is 0 Å². The highest BCUT2D eigenvalue weighted by atomic mass is 15.2. The number of nitrogens with zero attached hydrogens (tertiary/aromatic N) is 3. The Hall–Kier alpha value is -0.870. The highest BCUT2D eigenvalue weighted by Crippen LogP contribution is 2.30. The van der Waals surface area contributed by atoms with Crippen LogP contribution < -0.4 is 5.73 Å². The lowest BCUT2D eigenvalue weighted by atomic mass is 9.89. The van der Waals surface area contributed by atoms with Gasteiger partial charge in [-0.25, -0.2) is 0 Å². The van der Waals surface area contributed by atoms with Crippen LogP contribution in [0.1, 0.15) is 51.1 Å². The number of rotatable bonds is 3. The Bertz CT molecular complexity index is 375. The van der Waals surface area contributed by atoms with Crippen molar-refractivity contribution in [2.24, 2.45) is 12.8 Å². The molecule has 0 saturated carbocycles. The van der Waals surface area contributed by atoms with Crippen LogP contribution in [0.5, 0.6) is 0 Å².